The van der Waals surface area contributed by atoms with Crippen LogP contribution in [0.4, 0.5) is 4.39 Å². The molecule has 0 radical (unpaired) electrons. The molecule has 2 aromatic rings. The molecule has 0 saturated carbocycles. The first-order valence-corrected chi connectivity index (χ1v) is 4.34. The molecule has 6 heteroatoms. The van der Waals surface area contributed by atoms with Crippen LogP contribution in [0.1, 0.15) is 5.69 Å². The van der Waals surface area contributed by atoms with E-state index in [2.05, 4.69) is 15.1 Å². The van der Waals surface area contributed by atoms with Crippen molar-refractivity contribution in [3.63, 3.8) is 0 Å². The van der Waals surface area contributed by atoms with Crippen molar-refractivity contribution in [1.29, 1.82) is 0 Å². The Hall–Kier alpha value is -1.98. The summed E-state index contributed by atoms with van der Waals surface area (Å²) in [6.45, 7) is 1.83. The van der Waals surface area contributed by atoms with E-state index < -0.39 is 11.4 Å². The van der Waals surface area contributed by atoms with Crippen molar-refractivity contribution in [2.75, 3.05) is 0 Å². The molecule has 2 aromatic heterocycles. The van der Waals surface area contributed by atoms with Gasteiger partial charge in [0.15, 0.2) is 0 Å². The molecule has 0 unspecified atom stereocenters. The van der Waals surface area contributed by atoms with Crippen molar-refractivity contribution in [2.45, 2.75) is 6.92 Å². The Morgan fingerprint density at radius 1 is 1.53 bits per heavy atom. The lowest BCUT2D eigenvalue weighted by Gasteiger charge is -1.95. The van der Waals surface area contributed by atoms with Crippen LogP contribution in [0.5, 0.6) is 0 Å². The summed E-state index contributed by atoms with van der Waals surface area (Å²) in [6, 6.07) is 1.67. The number of nitrogens with zero attached hydrogens (tertiary/aromatic N) is 3. The van der Waals surface area contributed by atoms with Gasteiger partial charge in [0.2, 0.25) is 5.82 Å². The number of hydrogen-bond donors (Lipinski definition) is 1. The minimum absolute atomic E-state index is 0.0255. The molecule has 0 aliphatic carbocycles. The third-order valence-corrected chi connectivity index (χ3v) is 2.15. The normalized spacial score (nSPS) is 10.6. The number of H-pyrrole nitrogens is 1. The second kappa shape index (κ2) is 3.30. The van der Waals surface area contributed by atoms with Gasteiger partial charge >= 0.3 is 0 Å². The topological polar surface area (TPSA) is 63.6 Å². The third kappa shape index (κ3) is 1.54. The smallest absolute Gasteiger partial charge is 0.287 e. The summed E-state index contributed by atoms with van der Waals surface area (Å²) in [5, 5.41) is 4.04. The van der Waals surface area contributed by atoms with Gasteiger partial charge in [-0.2, -0.15) is 9.49 Å². The van der Waals surface area contributed by atoms with Gasteiger partial charge in [0.25, 0.3) is 5.56 Å². The molecular formula is C9H9FN4O. The van der Waals surface area contributed by atoms with Crippen LogP contribution in [0.15, 0.2) is 17.2 Å². The lowest BCUT2D eigenvalue weighted by molar-refractivity contribution is 0.603. The Morgan fingerprint density at radius 3 is 2.87 bits per heavy atom. The molecule has 0 amide bonds. The maximum Gasteiger partial charge on any atom is 0.287 e. The number of nitrogens with one attached hydrogen (secondary N) is 1. The van der Waals surface area contributed by atoms with Gasteiger partial charge < -0.3 is 4.98 Å². The third-order valence-electron chi connectivity index (χ3n) is 2.15. The molecule has 1 N–H and O–H groups in total. The minimum Gasteiger partial charge on any atom is -0.311 e. The molecule has 2 heterocycles. The van der Waals surface area contributed by atoms with Gasteiger partial charge in [0.05, 0.1) is 6.33 Å². The van der Waals surface area contributed by atoms with Crippen molar-refractivity contribution in [1.82, 2.24) is 19.7 Å². The molecule has 0 fully saturated rings. The van der Waals surface area contributed by atoms with Crippen LogP contribution in [-0.2, 0) is 7.05 Å². The summed E-state index contributed by atoms with van der Waals surface area (Å²) in [7, 11) is 1.74. The average Bonchev–Trinajstić information content (AvgIpc) is 2.51. The van der Waals surface area contributed by atoms with Crippen LogP contribution in [0.3, 0.4) is 0 Å². The number of rotatable bonds is 1. The van der Waals surface area contributed by atoms with E-state index in [1.165, 1.54) is 0 Å². The van der Waals surface area contributed by atoms with Crippen molar-refractivity contribution >= 4 is 0 Å². The highest BCUT2D eigenvalue weighted by atomic mass is 19.1. The standard InChI is InChI=1S/C9H9FN4O/c1-5-3-6(13-14(5)2)8-7(10)9(15)12-4-11-8/h3-4H,1-2H3,(H,11,12,15). The molecule has 0 bridgehead atoms. The molecule has 0 aliphatic rings. The number of aromatic nitrogens is 4. The van der Waals surface area contributed by atoms with Gasteiger partial charge in [0, 0.05) is 12.7 Å². The highest BCUT2D eigenvalue weighted by Crippen LogP contribution is 2.16. The van der Waals surface area contributed by atoms with Crippen LogP contribution in [0, 0.1) is 12.7 Å². The van der Waals surface area contributed by atoms with E-state index in [4.69, 9.17) is 0 Å². The molecule has 0 spiro atoms. The summed E-state index contributed by atoms with van der Waals surface area (Å²) in [4.78, 5) is 16.9. The molecule has 0 atom stereocenters. The van der Waals surface area contributed by atoms with Gasteiger partial charge in [-0.05, 0) is 13.0 Å². The molecule has 5 nitrogen and oxygen atoms in total. The van der Waals surface area contributed by atoms with Gasteiger partial charge in [-0.3, -0.25) is 9.48 Å². The van der Waals surface area contributed by atoms with E-state index in [-0.39, 0.29) is 5.69 Å². The molecule has 78 valence electrons. The highest BCUT2D eigenvalue weighted by Gasteiger charge is 2.13. The van der Waals surface area contributed by atoms with E-state index in [9.17, 15) is 9.18 Å². The molecular weight excluding hydrogens is 199 g/mol. The zero-order chi connectivity index (χ0) is 11.0. The lowest BCUT2D eigenvalue weighted by atomic mass is 10.3. The highest BCUT2D eigenvalue weighted by molar-refractivity contribution is 5.54. The van der Waals surface area contributed by atoms with Crippen molar-refractivity contribution < 1.29 is 4.39 Å². The Bertz CT molecular complexity index is 538. The SMILES string of the molecule is Cc1cc(-c2nc[nH]c(=O)c2F)nn1C. The second-order valence-electron chi connectivity index (χ2n) is 3.19. The largest absolute Gasteiger partial charge is 0.311 e. The molecule has 2 rings (SSSR count). The van der Waals surface area contributed by atoms with Crippen molar-refractivity contribution in [3.05, 3.63) is 34.3 Å². The number of aromatic amines is 1. The fourth-order valence-corrected chi connectivity index (χ4v) is 1.24. The Kier molecular flexibility index (Phi) is 2.11. The fourth-order valence-electron chi connectivity index (χ4n) is 1.24. The fraction of sp³-hybridized carbons (Fsp3) is 0.222. The van der Waals surface area contributed by atoms with Crippen LogP contribution in [0.2, 0.25) is 0 Å². The summed E-state index contributed by atoms with van der Waals surface area (Å²) >= 11 is 0. The summed E-state index contributed by atoms with van der Waals surface area (Å²) in [6.07, 6.45) is 1.16. The van der Waals surface area contributed by atoms with E-state index in [1.807, 2.05) is 6.92 Å². The van der Waals surface area contributed by atoms with Crippen LogP contribution >= 0.6 is 0 Å². The van der Waals surface area contributed by atoms with E-state index in [1.54, 1.807) is 17.8 Å². The predicted molar refractivity (Wildman–Crippen MR) is 51.8 cm³/mol. The minimum atomic E-state index is -0.907. The number of halogens is 1. The van der Waals surface area contributed by atoms with Crippen molar-refractivity contribution in [3.8, 4) is 11.4 Å². The molecule has 0 aromatic carbocycles. The van der Waals surface area contributed by atoms with Crippen LogP contribution < -0.4 is 5.56 Å². The van der Waals surface area contributed by atoms with Gasteiger partial charge in [-0.25, -0.2) is 4.98 Å². The first kappa shape index (κ1) is 9.57. The van der Waals surface area contributed by atoms with Crippen LogP contribution in [0.25, 0.3) is 11.4 Å². The Labute approximate surface area is 84.6 Å². The van der Waals surface area contributed by atoms with Gasteiger partial charge in [-0.15, -0.1) is 0 Å². The van der Waals surface area contributed by atoms with Crippen LogP contribution in [-0.4, -0.2) is 19.7 Å². The van der Waals surface area contributed by atoms with Crippen molar-refractivity contribution in [2.24, 2.45) is 7.05 Å². The lowest BCUT2D eigenvalue weighted by Crippen LogP contribution is -2.12. The zero-order valence-electron chi connectivity index (χ0n) is 8.28. The summed E-state index contributed by atoms with van der Waals surface area (Å²) in [5.74, 6) is -0.907. The zero-order valence-corrected chi connectivity index (χ0v) is 8.28. The number of aryl methyl sites for hydroxylation is 2. The average molecular weight is 208 g/mol. The van der Waals surface area contributed by atoms with Gasteiger partial charge in [0.1, 0.15) is 11.4 Å². The predicted octanol–water partition coefficient (Wildman–Crippen LogP) is 0.618. The second-order valence-corrected chi connectivity index (χ2v) is 3.19. The summed E-state index contributed by atoms with van der Waals surface area (Å²) < 4.78 is 15.0. The van der Waals surface area contributed by atoms with E-state index in [0.29, 0.717) is 5.69 Å². The maximum absolute atomic E-state index is 13.4. The van der Waals surface area contributed by atoms with Gasteiger partial charge in [-0.1, -0.05) is 0 Å². The quantitative estimate of drug-likeness (QED) is 0.747. The Balaban J connectivity index is 2.64. The molecule has 15 heavy (non-hydrogen) atoms. The molecule has 0 saturated heterocycles. The van der Waals surface area contributed by atoms with E-state index in [0.717, 1.165) is 12.0 Å². The monoisotopic (exact) mass is 208 g/mol. The maximum atomic E-state index is 13.4. The Morgan fingerprint density at radius 2 is 2.27 bits per heavy atom. The number of hydrogen-bond acceptors (Lipinski definition) is 3. The summed E-state index contributed by atoms with van der Waals surface area (Å²) in [5.41, 5.74) is 0.413. The van der Waals surface area contributed by atoms with E-state index >= 15 is 0 Å². The molecule has 0 aliphatic heterocycles. The first-order chi connectivity index (χ1) is 7.09. The first-order valence-electron chi connectivity index (χ1n) is 4.34.